The summed E-state index contributed by atoms with van der Waals surface area (Å²) >= 11 is 3.28. The monoisotopic (exact) mass is 265 g/mol. The van der Waals surface area contributed by atoms with Crippen LogP contribution in [0.25, 0.3) is 0 Å². The molecule has 0 radical (unpaired) electrons. The van der Waals surface area contributed by atoms with Crippen LogP contribution in [-0.4, -0.2) is 18.1 Å². The number of rotatable bonds is 2. The fourth-order valence-corrected chi connectivity index (χ4v) is 1.12. The van der Waals surface area contributed by atoms with Gasteiger partial charge in [0.05, 0.1) is 7.11 Å². The predicted octanol–water partition coefficient (Wildman–Crippen LogP) is 2.18. The molecule has 1 rings (SSSR count). The molecule has 0 aromatic carbocycles. The highest BCUT2D eigenvalue weighted by Gasteiger charge is 2.06. The van der Waals surface area contributed by atoms with Gasteiger partial charge in [-0.25, -0.2) is 9.78 Å². The van der Waals surface area contributed by atoms with Crippen LogP contribution in [-0.2, 0) is 10.1 Å². The van der Waals surface area contributed by atoms with Gasteiger partial charge in [0.1, 0.15) is 5.69 Å². The van der Waals surface area contributed by atoms with Crippen LogP contribution in [0.3, 0.4) is 0 Å². The molecule has 0 unspecified atom stereocenters. The number of carbonyl (C=O) groups is 1. The van der Waals surface area contributed by atoms with Crippen molar-refractivity contribution in [1.29, 1.82) is 0 Å². The zero-order valence-corrected chi connectivity index (χ0v) is 9.39. The molecule has 0 atom stereocenters. The number of nitrogens with zero attached hydrogens (tertiary/aromatic N) is 1. The van der Waals surface area contributed by atoms with E-state index in [-0.39, 0.29) is 12.4 Å². The minimum absolute atomic E-state index is 0. The van der Waals surface area contributed by atoms with Crippen LogP contribution in [0.5, 0.6) is 0 Å². The molecule has 1 aromatic rings. The average Bonchev–Trinajstić information content (AvgIpc) is 2.17. The third-order valence-corrected chi connectivity index (χ3v) is 2.02. The van der Waals surface area contributed by atoms with Crippen molar-refractivity contribution in [3.05, 3.63) is 29.6 Å². The maximum atomic E-state index is 11.0. The SMILES string of the molecule is COC(=O)c1cc(CBr)ccn1.Cl. The van der Waals surface area contributed by atoms with E-state index in [1.807, 2.05) is 6.07 Å². The number of ether oxygens (including phenoxy) is 1. The summed E-state index contributed by atoms with van der Waals surface area (Å²) in [5, 5.41) is 0.708. The summed E-state index contributed by atoms with van der Waals surface area (Å²) in [5.41, 5.74) is 1.35. The van der Waals surface area contributed by atoms with Crippen LogP contribution in [0.2, 0.25) is 0 Å². The lowest BCUT2D eigenvalue weighted by molar-refractivity contribution is 0.0594. The Bertz CT molecular complexity index is 293. The molecule has 5 heteroatoms. The second-order valence-corrected chi connectivity index (χ2v) is 2.74. The van der Waals surface area contributed by atoms with Crippen molar-refractivity contribution in [1.82, 2.24) is 4.98 Å². The van der Waals surface area contributed by atoms with E-state index in [0.717, 1.165) is 5.56 Å². The molecule has 13 heavy (non-hydrogen) atoms. The molecule has 1 aromatic heterocycles. The van der Waals surface area contributed by atoms with Gasteiger partial charge in [0, 0.05) is 11.5 Å². The van der Waals surface area contributed by atoms with Crippen molar-refractivity contribution in [2.75, 3.05) is 7.11 Å². The fraction of sp³-hybridized carbons (Fsp3) is 0.250. The minimum Gasteiger partial charge on any atom is -0.464 e. The molecule has 3 nitrogen and oxygen atoms in total. The number of aromatic nitrogens is 1. The summed E-state index contributed by atoms with van der Waals surface area (Å²) in [7, 11) is 1.34. The molecule has 0 N–H and O–H groups in total. The van der Waals surface area contributed by atoms with Gasteiger partial charge in [0.2, 0.25) is 0 Å². The van der Waals surface area contributed by atoms with Crippen LogP contribution in [0.1, 0.15) is 16.1 Å². The first kappa shape index (κ1) is 12.4. The topological polar surface area (TPSA) is 39.2 Å². The molecule has 0 aliphatic carbocycles. The van der Waals surface area contributed by atoms with Crippen molar-refractivity contribution in [3.8, 4) is 0 Å². The van der Waals surface area contributed by atoms with E-state index >= 15 is 0 Å². The lowest BCUT2D eigenvalue weighted by Gasteiger charge is -1.99. The van der Waals surface area contributed by atoms with Crippen molar-refractivity contribution < 1.29 is 9.53 Å². The van der Waals surface area contributed by atoms with Gasteiger partial charge < -0.3 is 4.74 Å². The van der Waals surface area contributed by atoms with Crippen molar-refractivity contribution in [3.63, 3.8) is 0 Å². The molecule has 0 spiro atoms. The highest BCUT2D eigenvalue weighted by atomic mass is 79.9. The Labute approximate surface area is 91.0 Å². The van der Waals surface area contributed by atoms with Gasteiger partial charge in [-0.05, 0) is 17.7 Å². The number of esters is 1. The summed E-state index contributed by atoms with van der Waals surface area (Å²) in [6, 6.07) is 3.53. The number of methoxy groups -OCH3 is 1. The molecule has 1 heterocycles. The molecule has 0 saturated heterocycles. The van der Waals surface area contributed by atoms with Crippen LogP contribution >= 0.6 is 28.3 Å². The number of halogens is 2. The third kappa shape index (κ3) is 3.32. The first-order chi connectivity index (χ1) is 5.77. The number of alkyl halides is 1. The summed E-state index contributed by atoms with van der Waals surface area (Å²) in [6.07, 6.45) is 1.59. The Morgan fingerprint density at radius 1 is 1.69 bits per heavy atom. The van der Waals surface area contributed by atoms with Gasteiger partial charge in [-0.2, -0.15) is 0 Å². The fourth-order valence-electron chi connectivity index (χ4n) is 0.774. The maximum absolute atomic E-state index is 11.0. The lowest BCUT2D eigenvalue weighted by atomic mass is 10.2. The normalized spacial score (nSPS) is 8.77. The standard InChI is InChI=1S/C8H8BrNO2.ClH/c1-12-8(11)7-4-6(5-9)2-3-10-7;/h2-4H,5H2,1H3;1H. The van der Waals surface area contributed by atoms with Gasteiger partial charge in [-0.3, -0.25) is 0 Å². The van der Waals surface area contributed by atoms with E-state index in [4.69, 9.17) is 0 Å². The molecular weight excluding hydrogens is 257 g/mol. The molecule has 0 amide bonds. The Morgan fingerprint density at radius 2 is 2.38 bits per heavy atom. The molecule has 0 bridgehead atoms. The first-order valence-electron chi connectivity index (χ1n) is 3.37. The summed E-state index contributed by atoms with van der Waals surface area (Å²) in [5.74, 6) is -0.405. The van der Waals surface area contributed by atoms with E-state index in [0.29, 0.717) is 11.0 Å². The Balaban J connectivity index is 0.00000144. The zero-order chi connectivity index (χ0) is 8.97. The predicted molar refractivity (Wildman–Crippen MR) is 55.5 cm³/mol. The van der Waals surface area contributed by atoms with Gasteiger partial charge >= 0.3 is 5.97 Å². The zero-order valence-electron chi connectivity index (χ0n) is 6.99. The van der Waals surface area contributed by atoms with Gasteiger partial charge in [-0.1, -0.05) is 15.9 Å². The number of carbonyl (C=O) groups excluding carboxylic acids is 1. The van der Waals surface area contributed by atoms with E-state index in [1.165, 1.54) is 7.11 Å². The van der Waals surface area contributed by atoms with Crippen LogP contribution < -0.4 is 0 Å². The number of pyridine rings is 1. The van der Waals surface area contributed by atoms with Crippen molar-refractivity contribution in [2.45, 2.75) is 5.33 Å². The number of hydrogen-bond donors (Lipinski definition) is 0. The van der Waals surface area contributed by atoms with E-state index in [1.54, 1.807) is 12.3 Å². The summed E-state index contributed by atoms with van der Waals surface area (Å²) in [6.45, 7) is 0. The Hall–Kier alpha value is -0.610. The van der Waals surface area contributed by atoms with Crippen LogP contribution in [0.4, 0.5) is 0 Å². The van der Waals surface area contributed by atoms with Gasteiger partial charge in [0.15, 0.2) is 0 Å². The molecule has 72 valence electrons. The quantitative estimate of drug-likeness (QED) is 0.608. The van der Waals surface area contributed by atoms with E-state index < -0.39 is 5.97 Å². The lowest BCUT2D eigenvalue weighted by Crippen LogP contribution is -2.04. The van der Waals surface area contributed by atoms with Crippen LogP contribution in [0.15, 0.2) is 18.3 Å². The number of hydrogen-bond acceptors (Lipinski definition) is 3. The average molecular weight is 267 g/mol. The summed E-state index contributed by atoms with van der Waals surface area (Å²) in [4.78, 5) is 14.8. The first-order valence-corrected chi connectivity index (χ1v) is 4.49. The second kappa shape index (κ2) is 5.94. The maximum Gasteiger partial charge on any atom is 0.356 e. The van der Waals surface area contributed by atoms with Crippen molar-refractivity contribution >= 4 is 34.3 Å². The van der Waals surface area contributed by atoms with Gasteiger partial charge in [-0.15, -0.1) is 12.4 Å². The van der Waals surface area contributed by atoms with Crippen LogP contribution in [0, 0.1) is 0 Å². The Kier molecular flexibility index (Phi) is 5.66. The molecule has 0 fully saturated rings. The molecule has 0 aliphatic heterocycles. The smallest absolute Gasteiger partial charge is 0.356 e. The molecule has 0 aliphatic rings. The second-order valence-electron chi connectivity index (χ2n) is 2.17. The van der Waals surface area contributed by atoms with Gasteiger partial charge in [0.25, 0.3) is 0 Å². The highest BCUT2D eigenvalue weighted by molar-refractivity contribution is 9.08. The molecule has 0 saturated carbocycles. The largest absolute Gasteiger partial charge is 0.464 e. The Morgan fingerprint density at radius 3 is 2.92 bits per heavy atom. The highest BCUT2D eigenvalue weighted by Crippen LogP contribution is 2.06. The van der Waals surface area contributed by atoms with E-state index in [2.05, 4.69) is 25.7 Å². The van der Waals surface area contributed by atoms with Crippen molar-refractivity contribution in [2.24, 2.45) is 0 Å². The van der Waals surface area contributed by atoms with E-state index in [9.17, 15) is 4.79 Å². The third-order valence-electron chi connectivity index (χ3n) is 1.37. The molecular formula is C8H9BrClNO2. The minimum atomic E-state index is -0.405. The summed E-state index contributed by atoms with van der Waals surface area (Å²) < 4.78 is 4.52.